The Hall–Kier alpha value is -3.09. The summed E-state index contributed by atoms with van der Waals surface area (Å²) in [5.74, 6) is 3.69. The molecule has 11 nitrogen and oxygen atoms in total. The van der Waals surface area contributed by atoms with E-state index in [9.17, 15) is 8.42 Å². The van der Waals surface area contributed by atoms with Crippen molar-refractivity contribution in [2.45, 2.75) is 19.8 Å². The number of ether oxygens (including phenoxy) is 1. The van der Waals surface area contributed by atoms with Crippen LogP contribution in [0.4, 0.5) is 5.82 Å². The quantitative estimate of drug-likeness (QED) is 0.369. The topological polar surface area (TPSA) is 111 Å². The second-order valence-electron chi connectivity index (χ2n) is 9.66. The number of benzene rings is 1. The molecule has 0 amide bonds. The zero-order chi connectivity index (χ0) is 25.6. The molecule has 4 aromatic rings. The van der Waals surface area contributed by atoms with Crippen LogP contribution in [0, 0.1) is 0 Å². The minimum atomic E-state index is -2.90. The molecular weight excluding hydrogens is 492 g/mol. The first kappa shape index (κ1) is 24.3. The van der Waals surface area contributed by atoms with Gasteiger partial charge in [-0.1, -0.05) is 19.1 Å². The van der Waals surface area contributed by atoms with Crippen molar-refractivity contribution in [3.05, 3.63) is 35.9 Å². The standard InChI is InChI=1S/C25H32N8O3S/c1-3-20-26-18-6-4-5-7-19(18)33(20)25-28-23-22(24(29-25)32-10-14-36-15-11-32)27-21(30(23)2)8-9-31-12-16-37(34,35)17-13-31/h4-7H,3,8-17H2,1-2H3. The van der Waals surface area contributed by atoms with Gasteiger partial charge in [0.1, 0.15) is 11.6 Å². The fraction of sp³-hybridized carbons (Fsp3) is 0.520. The fourth-order valence-electron chi connectivity index (χ4n) is 5.17. The first-order chi connectivity index (χ1) is 17.9. The highest BCUT2D eigenvalue weighted by Crippen LogP contribution is 2.28. The van der Waals surface area contributed by atoms with Crippen molar-refractivity contribution < 1.29 is 13.2 Å². The Labute approximate surface area is 216 Å². The third kappa shape index (κ3) is 4.57. The molecule has 0 bridgehead atoms. The SMILES string of the molecule is CCc1nc2ccccc2n1-c1nc(N2CCOCC2)c2nc(CCN3CCS(=O)(=O)CC3)n(C)c2n1. The van der Waals surface area contributed by atoms with Crippen molar-refractivity contribution in [2.24, 2.45) is 7.05 Å². The van der Waals surface area contributed by atoms with Crippen LogP contribution in [0.15, 0.2) is 24.3 Å². The highest BCUT2D eigenvalue weighted by molar-refractivity contribution is 7.91. The zero-order valence-electron chi connectivity index (χ0n) is 21.3. The maximum Gasteiger partial charge on any atom is 0.239 e. The molecule has 12 heteroatoms. The first-order valence-electron chi connectivity index (χ1n) is 12.9. The molecule has 2 saturated heterocycles. The third-order valence-corrected chi connectivity index (χ3v) is 8.94. The number of aromatic nitrogens is 6. The number of sulfone groups is 1. The Morgan fingerprint density at radius 1 is 0.946 bits per heavy atom. The van der Waals surface area contributed by atoms with Crippen molar-refractivity contribution in [3.8, 4) is 5.95 Å². The van der Waals surface area contributed by atoms with Crippen molar-refractivity contribution in [2.75, 3.05) is 62.3 Å². The third-order valence-electron chi connectivity index (χ3n) is 7.33. The number of morpholine rings is 1. The maximum absolute atomic E-state index is 11.8. The minimum absolute atomic E-state index is 0.226. The molecule has 5 heterocycles. The van der Waals surface area contributed by atoms with Gasteiger partial charge in [0.25, 0.3) is 0 Å². The molecule has 6 rings (SSSR count). The van der Waals surface area contributed by atoms with Gasteiger partial charge in [0, 0.05) is 52.6 Å². The zero-order valence-corrected chi connectivity index (χ0v) is 22.1. The van der Waals surface area contributed by atoms with Crippen LogP contribution in [-0.4, -0.2) is 99.8 Å². The van der Waals surface area contributed by atoms with E-state index in [1.54, 1.807) is 0 Å². The van der Waals surface area contributed by atoms with E-state index in [4.69, 9.17) is 24.7 Å². The van der Waals surface area contributed by atoms with Crippen LogP contribution >= 0.6 is 0 Å². The van der Waals surface area contributed by atoms with E-state index in [0.29, 0.717) is 38.7 Å². The number of aryl methyl sites for hydroxylation is 2. The van der Waals surface area contributed by atoms with Crippen LogP contribution < -0.4 is 4.90 Å². The summed E-state index contributed by atoms with van der Waals surface area (Å²) >= 11 is 0. The second-order valence-corrected chi connectivity index (χ2v) is 12.0. The number of para-hydroxylation sites is 2. The summed E-state index contributed by atoms with van der Waals surface area (Å²) in [6, 6.07) is 8.07. The van der Waals surface area contributed by atoms with Crippen molar-refractivity contribution in [1.29, 1.82) is 0 Å². The lowest BCUT2D eigenvalue weighted by atomic mass is 10.3. The molecule has 0 aliphatic carbocycles. The summed E-state index contributed by atoms with van der Waals surface area (Å²) < 4.78 is 33.3. The van der Waals surface area contributed by atoms with E-state index in [1.165, 1.54) is 0 Å². The van der Waals surface area contributed by atoms with Crippen LogP contribution in [-0.2, 0) is 34.5 Å². The van der Waals surface area contributed by atoms with Gasteiger partial charge >= 0.3 is 0 Å². The molecule has 37 heavy (non-hydrogen) atoms. The second kappa shape index (κ2) is 9.66. The molecule has 0 radical (unpaired) electrons. The molecule has 0 atom stereocenters. The largest absolute Gasteiger partial charge is 0.378 e. The summed E-state index contributed by atoms with van der Waals surface area (Å²) in [6.45, 7) is 6.76. The minimum Gasteiger partial charge on any atom is -0.378 e. The maximum atomic E-state index is 11.8. The predicted octanol–water partition coefficient (Wildman–Crippen LogP) is 1.37. The van der Waals surface area contributed by atoms with E-state index in [0.717, 1.165) is 65.7 Å². The van der Waals surface area contributed by atoms with Gasteiger partial charge in [0.15, 0.2) is 26.8 Å². The van der Waals surface area contributed by atoms with Gasteiger partial charge in [-0.15, -0.1) is 0 Å². The normalized spacial score (nSPS) is 18.7. The van der Waals surface area contributed by atoms with Crippen LogP contribution in [0.2, 0.25) is 0 Å². The van der Waals surface area contributed by atoms with Gasteiger partial charge in [0.05, 0.1) is 35.8 Å². The molecule has 0 unspecified atom stereocenters. The summed E-state index contributed by atoms with van der Waals surface area (Å²) in [7, 11) is -0.899. The van der Waals surface area contributed by atoms with Gasteiger partial charge in [0.2, 0.25) is 5.95 Å². The Kier molecular flexibility index (Phi) is 6.33. The van der Waals surface area contributed by atoms with Crippen LogP contribution in [0.3, 0.4) is 0 Å². The Balaban J connectivity index is 1.42. The molecule has 2 aliphatic rings. The molecule has 3 aromatic heterocycles. The lowest BCUT2D eigenvalue weighted by Crippen LogP contribution is -2.41. The van der Waals surface area contributed by atoms with E-state index < -0.39 is 9.84 Å². The van der Waals surface area contributed by atoms with E-state index >= 15 is 0 Å². The number of nitrogens with zero attached hydrogens (tertiary/aromatic N) is 8. The van der Waals surface area contributed by atoms with Gasteiger partial charge in [-0.3, -0.25) is 4.57 Å². The molecule has 196 valence electrons. The van der Waals surface area contributed by atoms with E-state index in [2.05, 4.69) is 31.9 Å². The Morgan fingerprint density at radius 2 is 1.70 bits per heavy atom. The highest BCUT2D eigenvalue weighted by atomic mass is 32.2. The lowest BCUT2D eigenvalue weighted by Gasteiger charge is -2.28. The fourth-order valence-corrected chi connectivity index (χ4v) is 6.44. The molecule has 2 aliphatic heterocycles. The number of hydrogen-bond donors (Lipinski definition) is 0. The Bertz CT molecular complexity index is 1540. The van der Waals surface area contributed by atoms with Gasteiger partial charge in [-0.25, -0.2) is 18.4 Å². The first-order valence-corrected chi connectivity index (χ1v) is 14.7. The number of fused-ring (bicyclic) bond motifs is 2. The summed E-state index contributed by atoms with van der Waals surface area (Å²) in [5.41, 5.74) is 3.47. The Morgan fingerprint density at radius 3 is 2.46 bits per heavy atom. The van der Waals surface area contributed by atoms with Crippen molar-refractivity contribution >= 4 is 37.9 Å². The number of hydrogen-bond acceptors (Lipinski definition) is 9. The lowest BCUT2D eigenvalue weighted by molar-refractivity contribution is 0.122. The van der Waals surface area contributed by atoms with Gasteiger partial charge in [-0.2, -0.15) is 9.97 Å². The highest BCUT2D eigenvalue weighted by Gasteiger charge is 2.25. The molecule has 0 spiro atoms. The smallest absolute Gasteiger partial charge is 0.239 e. The molecule has 0 saturated carbocycles. The van der Waals surface area contributed by atoms with E-state index in [1.807, 2.05) is 25.2 Å². The predicted molar refractivity (Wildman–Crippen MR) is 142 cm³/mol. The van der Waals surface area contributed by atoms with Gasteiger partial charge in [-0.05, 0) is 12.1 Å². The summed E-state index contributed by atoms with van der Waals surface area (Å²) in [6.07, 6.45) is 1.46. The summed E-state index contributed by atoms with van der Waals surface area (Å²) in [4.78, 5) is 24.4. The monoisotopic (exact) mass is 524 g/mol. The summed E-state index contributed by atoms with van der Waals surface area (Å²) in [5, 5.41) is 0. The number of anilines is 1. The van der Waals surface area contributed by atoms with Gasteiger partial charge < -0.3 is 19.1 Å². The number of imidazole rings is 2. The average molecular weight is 525 g/mol. The van der Waals surface area contributed by atoms with Crippen LogP contribution in [0.25, 0.3) is 28.1 Å². The van der Waals surface area contributed by atoms with Crippen LogP contribution in [0.5, 0.6) is 0 Å². The molecule has 0 N–H and O–H groups in total. The van der Waals surface area contributed by atoms with Crippen molar-refractivity contribution in [1.82, 2.24) is 34.0 Å². The molecule has 2 fully saturated rings. The number of rotatable bonds is 6. The molecular formula is C25H32N8O3S. The van der Waals surface area contributed by atoms with Crippen LogP contribution in [0.1, 0.15) is 18.6 Å². The van der Waals surface area contributed by atoms with E-state index in [-0.39, 0.29) is 11.5 Å². The average Bonchev–Trinajstić information content (AvgIpc) is 3.45. The van der Waals surface area contributed by atoms with Crippen molar-refractivity contribution in [3.63, 3.8) is 0 Å². The molecule has 1 aromatic carbocycles.